The average molecular weight is 308 g/mol. The Kier molecular flexibility index (Phi) is 3.66. The Hall–Kier alpha value is -1.55. The number of ether oxygens (including phenoxy) is 1. The van der Waals surface area contributed by atoms with Crippen molar-refractivity contribution in [2.24, 2.45) is 0 Å². The number of hydrogen-bond donors (Lipinski definition) is 0. The molecule has 0 aliphatic carbocycles. The first-order valence-corrected chi connectivity index (χ1v) is 6.84. The van der Waals surface area contributed by atoms with Crippen molar-refractivity contribution >= 4 is 35.0 Å². The van der Waals surface area contributed by atoms with E-state index in [0.29, 0.717) is 10.7 Å². The minimum atomic E-state index is -0.410. The molecule has 3 nitrogen and oxygen atoms in total. The molecular formula is C15H11Cl2NO2. The summed E-state index contributed by atoms with van der Waals surface area (Å²) in [5.41, 5.74) is 2.27. The first-order valence-electron chi connectivity index (χ1n) is 6.12. The van der Waals surface area contributed by atoms with E-state index in [-0.39, 0.29) is 12.5 Å². The van der Waals surface area contributed by atoms with Crippen molar-refractivity contribution in [3.63, 3.8) is 0 Å². The molecule has 0 aromatic heterocycles. The number of benzene rings is 2. The molecule has 1 aliphatic rings. The Balaban J connectivity index is 2.15. The number of amides is 1. The van der Waals surface area contributed by atoms with Gasteiger partial charge in [-0.1, -0.05) is 48.0 Å². The zero-order valence-electron chi connectivity index (χ0n) is 10.4. The molecule has 1 heterocycles. The summed E-state index contributed by atoms with van der Waals surface area (Å²) in [7, 11) is 0. The Labute approximate surface area is 126 Å². The fourth-order valence-electron chi connectivity index (χ4n) is 2.27. The summed E-state index contributed by atoms with van der Waals surface area (Å²) in [5, 5.41) is 0.600. The molecule has 1 amide bonds. The van der Waals surface area contributed by atoms with Crippen LogP contribution >= 0.6 is 23.4 Å². The molecule has 3 rings (SSSR count). The molecule has 1 aliphatic heterocycles. The largest absolute Gasteiger partial charge is 0.359 e. The number of para-hydroxylation sites is 1. The lowest BCUT2D eigenvalue weighted by Gasteiger charge is -2.19. The van der Waals surface area contributed by atoms with Crippen molar-refractivity contribution in [3.05, 3.63) is 64.7 Å². The third-order valence-electron chi connectivity index (χ3n) is 3.21. The van der Waals surface area contributed by atoms with E-state index in [1.54, 1.807) is 12.1 Å². The van der Waals surface area contributed by atoms with Crippen LogP contribution in [-0.4, -0.2) is 12.5 Å². The van der Waals surface area contributed by atoms with E-state index in [4.69, 9.17) is 28.1 Å². The van der Waals surface area contributed by atoms with Gasteiger partial charge in [-0.3, -0.25) is 4.79 Å². The lowest BCUT2D eigenvalue weighted by molar-refractivity contribution is -0.122. The second kappa shape index (κ2) is 5.44. The van der Waals surface area contributed by atoms with Gasteiger partial charge in [0.05, 0.1) is 5.69 Å². The Bertz CT molecular complexity index is 660. The molecule has 0 fully saturated rings. The fraction of sp³-hybridized carbons (Fsp3) is 0.133. The summed E-state index contributed by atoms with van der Waals surface area (Å²) in [5.74, 6) is -0.298. The van der Waals surface area contributed by atoms with Crippen LogP contribution in [0.25, 0.3) is 0 Å². The smallest absolute Gasteiger partial charge is 0.267 e. The summed E-state index contributed by atoms with van der Waals surface area (Å²) < 4.78 is 6.82. The molecule has 0 saturated carbocycles. The summed E-state index contributed by atoms with van der Waals surface area (Å²) in [6.07, 6.45) is -0.410. The molecule has 0 N–H and O–H groups in total. The van der Waals surface area contributed by atoms with E-state index in [0.717, 1.165) is 15.5 Å². The van der Waals surface area contributed by atoms with Gasteiger partial charge in [0.2, 0.25) is 0 Å². The number of nitrogens with zero attached hydrogens (tertiary/aromatic N) is 1. The molecule has 2 aromatic carbocycles. The van der Waals surface area contributed by atoms with Gasteiger partial charge in [-0.25, -0.2) is 4.42 Å². The molecule has 1 unspecified atom stereocenters. The van der Waals surface area contributed by atoms with Crippen LogP contribution in [0.4, 0.5) is 5.69 Å². The van der Waals surface area contributed by atoms with Crippen LogP contribution < -0.4 is 4.42 Å². The van der Waals surface area contributed by atoms with Crippen molar-refractivity contribution in [1.82, 2.24) is 0 Å². The lowest BCUT2D eigenvalue weighted by Crippen LogP contribution is -2.23. The maximum Gasteiger partial charge on any atom is 0.267 e. The molecule has 5 heteroatoms. The van der Waals surface area contributed by atoms with E-state index in [1.165, 1.54) is 0 Å². The first kappa shape index (κ1) is 13.4. The highest BCUT2D eigenvalue weighted by atomic mass is 35.5. The van der Waals surface area contributed by atoms with E-state index in [2.05, 4.69) is 0 Å². The highest BCUT2D eigenvalue weighted by Crippen LogP contribution is 2.38. The lowest BCUT2D eigenvalue weighted by atomic mass is 10.00. The van der Waals surface area contributed by atoms with Crippen LogP contribution in [0.1, 0.15) is 17.2 Å². The number of rotatable bonds is 1. The van der Waals surface area contributed by atoms with E-state index in [1.807, 2.05) is 36.4 Å². The van der Waals surface area contributed by atoms with Crippen molar-refractivity contribution in [2.75, 3.05) is 11.0 Å². The van der Waals surface area contributed by atoms with Gasteiger partial charge in [0.15, 0.2) is 0 Å². The predicted octanol–water partition coefficient (Wildman–Crippen LogP) is 3.95. The minimum absolute atomic E-state index is 0.0892. The Morgan fingerprint density at radius 1 is 1.05 bits per heavy atom. The summed E-state index contributed by atoms with van der Waals surface area (Å²) >= 11 is 12.3. The average Bonchev–Trinajstić information content (AvgIpc) is 2.59. The second-order valence-corrected chi connectivity index (χ2v) is 5.19. The topological polar surface area (TPSA) is 29.5 Å². The number of hydrogen-bond acceptors (Lipinski definition) is 2. The van der Waals surface area contributed by atoms with Gasteiger partial charge in [-0.2, -0.15) is 0 Å². The number of carbonyl (C=O) groups is 1. The highest BCUT2D eigenvalue weighted by molar-refractivity contribution is 6.37. The van der Waals surface area contributed by atoms with Crippen molar-refractivity contribution in [2.45, 2.75) is 6.10 Å². The van der Waals surface area contributed by atoms with Crippen molar-refractivity contribution in [3.8, 4) is 0 Å². The SMILES string of the molecule is O=C1COC(c2ccccc2Cl)c2ccccc2N1Cl. The fourth-order valence-corrected chi connectivity index (χ4v) is 2.71. The first-order chi connectivity index (χ1) is 9.68. The van der Waals surface area contributed by atoms with Crippen molar-refractivity contribution < 1.29 is 9.53 Å². The third kappa shape index (κ3) is 2.29. The molecule has 0 radical (unpaired) electrons. The zero-order valence-corrected chi connectivity index (χ0v) is 11.9. The molecular weight excluding hydrogens is 297 g/mol. The van der Waals surface area contributed by atoms with Gasteiger partial charge in [0, 0.05) is 27.9 Å². The van der Waals surface area contributed by atoms with Gasteiger partial charge < -0.3 is 4.74 Å². The molecule has 1 atom stereocenters. The van der Waals surface area contributed by atoms with Gasteiger partial charge in [0.25, 0.3) is 5.91 Å². The highest BCUT2D eigenvalue weighted by Gasteiger charge is 2.29. The minimum Gasteiger partial charge on any atom is -0.359 e. The normalized spacial score (nSPS) is 18.6. The molecule has 0 saturated heterocycles. The van der Waals surface area contributed by atoms with E-state index in [9.17, 15) is 4.79 Å². The predicted molar refractivity (Wildman–Crippen MR) is 79.0 cm³/mol. The Morgan fingerprint density at radius 3 is 2.45 bits per heavy atom. The van der Waals surface area contributed by atoms with Gasteiger partial charge >= 0.3 is 0 Å². The summed E-state index contributed by atoms with van der Waals surface area (Å²) in [4.78, 5) is 11.9. The van der Waals surface area contributed by atoms with Gasteiger partial charge in [-0.05, 0) is 12.1 Å². The van der Waals surface area contributed by atoms with Crippen molar-refractivity contribution in [1.29, 1.82) is 0 Å². The van der Waals surface area contributed by atoms with Crippen LogP contribution in [0.2, 0.25) is 5.02 Å². The van der Waals surface area contributed by atoms with Crippen LogP contribution in [0.15, 0.2) is 48.5 Å². The number of carbonyl (C=O) groups excluding carboxylic acids is 1. The third-order valence-corrected chi connectivity index (χ3v) is 3.93. The molecule has 0 bridgehead atoms. The van der Waals surface area contributed by atoms with E-state index >= 15 is 0 Å². The summed E-state index contributed by atoms with van der Waals surface area (Å²) in [6, 6.07) is 14.8. The standard InChI is InChI=1S/C15H11Cl2NO2/c16-12-7-3-1-5-10(12)15-11-6-2-4-8-13(11)18(17)14(19)9-20-15/h1-8,15H,9H2. The summed E-state index contributed by atoms with van der Waals surface area (Å²) in [6.45, 7) is -0.0892. The molecule has 2 aromatic rings. The molecule has 20 heavy (non-hydrogen) atoms. The molecule has 102 valence electrons. The number of anilines is 1. The van der Waals surface area contributed by atoms with Crippen LogP contribution in [0.5, 0.6) is 0 Å². The maximum atomic E-state index is 11.9. The number of fused-ring (bicyclic) bond motifs is 1. The van der Waals surface area contributed by atoms with Crippen LogP contribution in [0, 0.1) is 0 Å². The zero-order chi connectivity index (χ0) is 14.1. The second-order valence-electron chi connectivity index (χ2n) is 4.45. The maximum absolute atomic E-state index is 11.9. The van der Waals surface area contributed by atoms with Gasteiger partial charge in [-0.15, -0.1) is 0 Å². The van der Waals surface area contributed by atoms with Crippen LogP contribution in [-0.2, 0) is 9.53 Å². The van der Waals surface area contributed by atoms with Crippen LogP contribution in [0.3, 0.4) is 0 Å². The number of halogens is 2. The van der Waals surface area contributed by atoms with E-state index < -0.39 is 6.10 Å². The molecule has 0 spiro atoms. The Morgan fingerprint density at radius 2 is 1.70 bits per heavy atom. The van der Waals surface area contributed by atoms with Gasteiger partial charge in [0.1, 0.15) is 12.7 Å². The monoisotopic (exact) mass is 307 g/mol. The quantitative estimate of drug-likeness (QED) is 0.747.